The van der Waals surface area contributed by atoms with Gasteiger partial charge in [-0.3, -0.25) is 4.39 Å². The molecular weight excluding hydrogens is 415 g/mol. The number of ether oxygens (including phenoxy) is 2. The highest BCUT2D eigenvalue weighted by molar-refractivity contribution is 5.81. The fraction of sp³-hybridized carbons (Fsp3) is 0.800. The monoisotopic (exact) mass is 452 g/mol. The maximum atomic E-state index is 11.7. The summed E-state index contributed by atoms with van der Waals surface area (Å²) < 4.78 is 21.1. The topological polar surface area (TPSA) is 151 Å². The maximum Gasteiger partial charge on any atom is 0.407 e. The van der Waals surface area contributed by atoms with Crippen LogP contribution in [0.5, 0.6) is 0 Å². The molecule has 0 bridgehead atoms. The minimum absolute atomic E-state index is 0.0567. The van der Waals surface area contributed by atoms with E-state index >= 15 is 0 Å². The summed E-state index contributed by atoms with van der Waals surface area (Å²) in [6, 6.07) is -1.98. The van der Waals surface area contributed by atoms with Crippen LogP contribution in [0.2, 0.25) is 0 Å². The molecule has 4 N–H and O–H groups in total. The third-order valence-electron chi connectivity index (χ3n) is 3.70. The average Bonchev–Trinajstić information content (AvgIpc) is 2.60. The number of alkyl halides is 1. The Hall–Kier alpha value is -2.59. The molecule has 0 aliphatic carbocycles. The van der Waals surface area contributed by atoms with E-state index in [9.17, 15) is 23.6 Å². The largest absolute Gasteiger partial charge is 0.480 e. The highest BCUT2D eigenvalue weighted by Gasteiger charge is 2.33. The van der Waals surface area contributed by atoms with E-state index in [0.717, 1.165) is 0 Å². The van der Waals surface area contributed by atoms with Gasteiger partial charge in [-0.25, -0.2) is 19.2 Å². The van der Waals surface area contributed by atoms with E-state index in [1.54, 1.807) is 41.5 Å². The molecule has 0 spiro atoms. The molecule has 0 aromatic carbocycles. The number of hydrogen-bond donors (Lipinski definition) is 4. The van der Waals surface area contributed by atoms with Crippen molar-refractivity contribution in [3.63, 3.8) is 0 Å². The number of carbonyl (C=O) groups excluding carboxylic acids is 2. The molecule has 0 unspecified atom stereocenters. The predicted octanol–water partition coefficient (Wildman–Crippen LogP) is 3.19. The molecule has 0 heterocycles. The molecule has 0 rings (SSSR count). The third-order valence-corrected chi connectivity index (χ3v) is 3.70. The number of rotatable bonds is 9. The van der Waals surface area contributed by atoms with Crippen molar-refractivity contribution in [2.75, 3.05) is 19.9 Å². The normalized spacial score (nSPS) is 13.0. The van der Waals surface area contributed by atoms with Crippen LogP contribution in [0.25, 0.3) is 0 Å². The Labute approximate surface area is 182 Å². The zero-order valence-corrected chi connectivity index (χ0v) is 19.4. The van der Waals surface area contributed by atoms with E-state index in [2.05, 4.69) is 15.4 Å². The van der Waals surface area contributed by atoms with Crippen LogP contribution >= 0.6 is 0 Å². The van der Waals surface area contributed by atoms with Crippen LogP contribution in [0.4, 0.5) is 14.0 Å². The molecule has 2 atom stereocenters. The van der Waals surface area contributed by atoms with Gasteiger partial charge < -0.3 is 30.3 Å². The van der Waals surface area contributed by atoms with E-state index < -0.39 is 53.7 Å². The molecule has 0 aliphatic rings. The number of hydrogen-bond acceptors (Lipinski definition) is 6. The predicted molar refractivity (Wildman–Crippen MR) is 112 cm³/mol. The minimum Gasteiger partial charge on any atom is -0.480 e. The second-order valence-electron chi connectivity index (χ2n) is 8.88. The van der Waals surface area contributed by atoms with Crippen LogP contribution in [-0.4, -0.2) is 66.3 Å². The maximum absolute atomic E-state index is 11.7. The van der Waals surface area contributed by atoms with Crippen molar-refractivity contribution >= 4 is 24.1 Å². The first-order valence-corrected chi connectivity index (χ1v) is 9.96. The van der Waals surface area contributed by atoms with Gasteiger partial charge in [0.25, 0.3) is 0 Å². The summed E-state index contributed by atoms with van der Waals surface area (Å²) in [5, 5.41) is 22.4. The summed E-state index contributed by atoms with van der Waals surface area (Å²) >= 11 is 0. The molecule has 11 heteroatoms. The summed E-state index contributed by atoms with van der Waals surface area (Å²) in [6.45, 7) is 11.8. The molecule has 0 aliphatic heterocycles. The van der Waals surface area contributed by atoms with Crippen molar-refractivity contribution in [1.29, 1.82) is 0 Å². The second kappa shape index (κ2) is 14.4. The van der Waals surface area contributed by atoms with Crippen LogP contribution in [0.3, 0.4) is 0 Å². The molecule has 10 nitrogen and oxygen atoms in total. The van der Waals surface area contributed by atoms with Gasteiger partial charge in [0.1, 0.15) is 12.1 Å². The van der Waals surface area contributed by atoms with Gasteiger partial charge in [0.05, 0.1) is 19.9 Å². The molecule has 0 radical (unpaired) electrons. The first-order chi connectivity index (χ1) is 14.1. The second-order valence-corrected chi connectivity index (χ2v) is 8.88. The lowest BCUT2D eigenvalue weighted by Gasteiger charge is -2.27. The van der Waals surface area contributed by atoms with E-state index in [1.807, 2.05) is 6.92 Å². The van der Waals surface area contributed by atoms with Gasteiger partial charge in [-0.2, -0.15) is 0 Å². The molecule has 31 heavy (non-hydrogen) atoms. The van der Waals surface area contributed by atoms with E-state index in [0.29, 0.717) is 13.0 Å². The minimum atomic E-state index is -1.13. The van der Waals surface area contributed by atoms with Crippen molar-refractivity contribution in [2.24, 2.45) is 10.8 Å². The zero-order chi connectivity index (χ0) is 24.8. The van der Waals surface area contributed by atoms with Crippen LogP contribution in [0.1, 0.15) is 61.3 Å². The Morgan fingerprint density at radius 1 is 0.806 bits per heavy atom. The number of nitrogens with one attached hydrogen (secondary N) is 2. The number of carboxylic acids is 2. The first kappa shape index (κ1) is 30.6. The van der Waals surface area contributed by atoms with Crippen molar-refractivity contribution < 1.29 is 43.3 Å². The molecular formula is C20H37FN2O8. The zero-order valence-electron chi connectivity index (χ0n) is 19.4. The van der Waals surface area contributed by atoms with Gasteiger partial charge in [0.2, 0.25) is 0 Å². The Morgan fingerprint density at radius 3 is 1.42 bits per heavy atom. The van der Waals surface area contributed by atoms with Gasteiger partial charge in [-0.1, -0.05) is 48.5 Å². The summed E-state index contributed by atoms with van der Waals surface area (Å²) in [5.41, 5.74) is -1.16. The summed E-state index contributed by atoms with van der Waals surface area (Å²) in [5.74, 6) is -2.19. The molecule has 0 saturated heterocycles. The molecule has 182 valence electrons. The summed E-state index contributed by atoms with van der Waals surface area (Å²) in [6.07, 6.45) is -0.698. The highest BCUT2D eigenvalue weighted by Crippen LogP contribution is 2.20. The summed E-state index contributed by atoms with van der Waals surface area (Å²) in [7, 11) is 0. The van der Waals surface area contributed by atoms with Gasteiger partial charge in [-0.15, -0.1) is 0 Å². The fourth-order valence-corrected chi connectivity index (χ4v) is 2.03. The van der Waals surface area contributed by atoms with Crippen LogP contribution in [0, 0.1) is 10.8 Å². The van der Waals surface area contributed by atoms with Crippen LogP contribution in [0.15, 0.2) is 0 Å². The van der Waals surface area contributed by atoms with E-state index in [4.69, 9.17) is 14.9 Å². The average molecular weight is 453 g/mol. The number of amides is 2. The molecule has 0 fully saturated rings. The number of carbonyl (C=O) groups is 4. The van der Waals surface area contributed by atoms with Gasteiger partial charge in [0.15, 0.2) is 0 Å². The Balaban J connectivity index is 0. The number of alkyl carbamates (subject to hydrolysis) is 2. The highest BCUT2D eigenvalue weighted by atomic mass is 19.1. The lowest BCUT2D eigenvalue weighted by Crippen LogP contribution is -2.49. The van der Waals surface area contributed by atoms with Gasteiger partial charge in [-0.05, 0) is 17.3 Å². The Morgan fingerprint density at radius 2 is 1.16 bits per heavy atom. The lowest BCUT2D eigenvalue weighted by molar-refractivity contribution is -0.143. The smallest absolute Gasteiger partial charge is 0.407 e. The molecule has 0 saturated carbocycles. The quantitative estimate of drug-likeness (QED) is 0.389. The summed E-state index contributed by atoms with van der Waals surface area (Å²) in [4.78, 5) is 44.1. The molecule has 2 amide bonds. The number of halogens is 1. The standard InChI is InChI=1S/C10H18FNO4.C10H19NO4/c1-10(2,3)7(8(13)14)12-9(15)16-6-4-5-11;1-5-6-15-9(14)11-7(8(12)13)10(2,3)4/h7H,4-6H2,1-3H3,(H,12,15)(H,13,14);7H,5-6H2,1-4H3,(H,11,14)(H,12,13)/t2*7-/m11/s1. The van der Waals surface area contributed by atoms with Crippen molar-refractivity contribution in [3.8, 4) is 0 Å². The third kappa shape index (κ3) is 14.9. The van der Waals surface area contributed by atoms with Gasteiger partial charge >= 0.3 is 24.1 Å². The van der Waals surface area contributed by atoms with Crippen LogP contribution in [-0.2, 0) is 19.1 Å². The number of aliphatic carboxylic acids is 2. The van der Waals surface area contributed by atoms with E-state index in [1.165, 1.54) is 0 Å². The van der Waals surface area contributed by atoms with Crippen molar-refractivity contribution in [1.82, 2.24) is 10.6 Å². The first-order valence-electron chi connectivity index (χ1n) is 9.96. The Bertz CT molecular complexity index is 585. The van der Waals surface area contributed by atoms with Gasteiger partial charge in [0, 0.05) is 6.42 Å². The van der Waals surface area contributed by atoms with Crippen molar-refractivity contribution in [3.05, 3.63) is 0 Å². The van der Waals surface area contributed by atoms with Crippen molar-refractivity contribution in [2.45, 2.75) is 73.4 Å². The molecule has 0 aromatic rings. The fourth-order valence-electron chi connectivity index (χ4n) is 2.03. The van der Waals surface area contributed by atoms with E-state index in [-0.39, 0.29) is 13.0 Å². The van der Waals surface area contributed by atoms with Crippen LogP contribution < -0.4 is 10.6 Å². The number of carboxylic acid groups (broad SMARTS) is 2. The SMILES string of the molecule is CC(C)(C)[C@H](NC(=O)OCCCF)C(=O)O.CCCOC(=O)N[C@H](C(=O)O)C(C)(C)C. The Kier molecular flexibility index (Phi) is 14.2. The molecule has 0 aromatic heterocycles. The lowest BCUT2D eigenvalue weighted by atomic mass is 9.87.